The number of ether oxygens (including phenoxy) is 1. The van der Waals surface area contributed by atoms with E-state index >= 15 is 0 Å². The number of rotatable bonds is 7. The molecule has 3 N–H and O–H groups in total. The Kier molecular flexibility index (Phi) is 7.31. The Balaban J connectivity index is 1.60. The van der Waals surface area contributed by atoms with Crippen LogP contribution in [0.15, 0.2) is 43.5 Å². The largest absolute Gasteiger partial charge is 0.491 e. The number of nitrogens with one attached hydrogen (secondary N) is 1. The lowest BCUT2D eigenvalue weighted by atomic mass is 10.0. The van der Waals surface area contributed by atoms with Gasteiger partial charge >= 0.3 is 18.1 Å². The van der Waals surface area contributed by atoms with Crippen molar-refractivity contribution in [2.45, 2.75) is 24.1 Å². The molecule has 1 saturated heterocycles. The number of nitrogen functional groups attached to an aromatic ring is 1. The standard InChI is InChI=1S/C19H15F3N6O8S2/c1-34-26-10(8-6-38-18(23)24-8)13(30)25-11-14(31)28-12(16(32)36-17(33)19(20,21)22)7(5-37-15(11)28)4-27-9(29)2-3-35-27/h2-3,6,11,15H,4-5H2,1H3,(H2,23,24)(H,25,30)/b26-10-. The molecule has 0 bridgehead atoms. The molecule has 202 valence electrons. The molecule has 0 aromatic carbocycles. The zero-order valence-electron chi connectivity index (χ0n) is 18.9. The van der Waals surface area contributed by atoms with E-state index in [4.69, 9.17) is 10.3 Å². The van der Waals surface area contributed by atoms with Gasteiger partial charge in [-0.15, -0.1) is 23.1 Å². The van der Waals surface area contributed by atoms with Crippen LogP contribution in [0.5, 0.6) is 0 Å². The fourth-order valence-electron chi connectivity index (χ4n) is 3.47. The van der Waals surface area contributed by atoms with Gasteiger partial charge in [0.15, 0.2) is 10.8 Å². The SMILES string of the molecule is CO/N=C(\C(=O)NC1C(=O)N2C(C(=O)OC(=O)C(F)(F)F)=C(Cn3occc3=O)CSC12)c1csc(N)n1. The van der Waals surface area contributed by atoms with Crippen molar-refractivity contribution >= 4 is 57.7 Å². The van der Waals surface area contributed by atoms with Crippen LogP contribution in [0.3, 0.4) is 0 Å². The second kappa shape index (κ2) is 10.3. The monoisotopic (exact) mass is 576 g/mol. The number of halogens is 3. The summed E-state index contributed by atoms with van der Waals surface area (Å²) in [6.07, 6.45) is -4.44. The van der Waals surface area contributed by atoms with Crippen LogP contribution in [0, 0.1) is 0 Å². The normalized spacial score (nSPS) is 19.5. The van der Waals surface area contributed by atoms with Crippen molar-refractivity contribution in [1.29, 1.82) is 0 Å². The van der Waals surface area contributed by atoms with Crippen molar-refractivity contribution in [2.24, 2.45) is 5.16 Å². The molecule has 0 saturated carbocycles. The molecule has 1 fully saturated rings. The van der Waals surface area contributed by atoms with Crippen LogP contribution in [0.2, 0.25) is 0 Å². The van der Waals surface area contributed by atoms with E-state index in [2.05, 4.69) is 25.0 Å². The van der Waals surface area contributed by atoms with Gasteiger partial charge < -0.3 is 25.1 Å². The quantitative estimate of drug-likeness (QED) is 0.146. The first kappa shape index (κ1) is 26.9. The van der Waals surface area contributed by atoms with Crippen LogP contribution in [-0.2, 0) is 35.3 Å². The molecule has 2 amide bonds. The molecule has 2 aliphatic heterocycles. The highest BCUT2D eigenvalue weighted by Gasteiger charge is 2.55. The topological polar surface area (TPSA) is 188 Å². The number of fused-ring (bicyclic) bond motifs is 1. The van der Waals surface area contributed by atoms with Crippen LogP contribution in [0.25, 0.3) is 0 Å². The summed E-state index contributed by atoms with van der Waals surface area (Å²) in [4.78, 5) is 71.1. The van der Waals surface area contributed by atoms with Gasteiger partial charge in [-0.2, -0.15) is 17.9 Å². The first-order chi connectivity index (χ1) is 17.9. The first-order valence-electron chi connectivity index (χ1n) is 10.2. The molecule has 38 heavy (non-hydrogen) atoms. The Morgan fingerprint density at radius 3 is 2.66 bits per heavy atom. The summed E-state index contributed by atoms with van der Waals surface area (Å²) in [5.74, 6) is -6.44. The Morgan fingerprint density at radius 1 is 1.34 bits per heavy atom. The minimum atomic E-state index is -5.48. The van der Waals surface area contributed by atoms with E-state index < -0.39 is 59.1 Å². The second-order valence-corrected chi connectivity index (χ2v) is 9.46. The van der Waals surface area contributed by atoms with Gasteiger partial charge in [-0.3, -0.25) is 19.3 Å². The number of thioether (sulfide) groups is 1. The highest BCUT2D eigenvalue weighted by Crippen LogP contribution is 2.41. The molecule has 2 aliphatic rings. The number of β-lactam (4-membered cyclic amide) rings is 1. The number of alkyl halides is 3. The number of nitrogens with two attached hydrogens (primary N) is 1. The van der Waals surface area contributed by atoms with E-state index in [9.17, 15) is 37.1 Å². The highest BCUT2D eigenvalue weighted by molar-refractivity contribution is 8.00. The van der Waals surface area contributed by atoms with Crippen molar-refractivity contribution in [2.75, 3.05) is 18.6 Å². The third-order valence-electron chi connectivity index (χ3n) is 5.09. The maximum atomic E-state index is 13.0. The van der Waals surface area contributed by atoms with Gasteiger partial charge in [0.1, 0.15) is 36.2 Å². The average Bonchev–Trinajstić information content (AvgIpc) is 3.47. The molecule has 0 spiro atoms. The number of thiazole rings is 1. The Morgan fingerprint density at radius 2 is 2.08 bits per heavy atom. The van der Waals surface area contributed by atoms with E-state index in [0.29, 0.717) is 0 Å². The first-order valence-corrected chi connectivity index (χ1v) is 12.1. The molecule has 4 rings (SSSR count). The fourth-order valence-corrected chi connectivity index (χ4v) is 5.35. The number of anilines is 1. The van der Waals surface area contributed by atoms with Crippen LogP contribution in [0.4, 0.5) is 18.3 Å². The number of esters is 2. The summed E-state index contributed by atoms with van der Waals surface area (Å²) >= 11 is 2.05. The summed E-state index contributed by atoms with van der Waals surface area (Å²) < 4.78 is 47.8. The number of hydrogen-bond acceptors (Lipinski definition) is 13. The number of oxime groups is 1. The third-order valence-corrected chi connectivity index (χ3v) is 7.10. The van der Waals surface area contributed by atoms with E-state index in [-0.39, 0.29) is 27.9 Å². The molecule has 4 heterocycles. The minimum Gasteiger partial charge on any atom is -0.398 e. The number of hydrogen-bond donors (Lipinski definition) is 2. The lowest BCUT2D eigenvalue weighted by Gasteiger charge is -2.49. The van der Waals surface area contributed by atoms with E-state index in [1.807, 2.05) is 0 Å². The Hall–Kier alpha value is -4.13. The average molecular weight is 576 g/mol. The van der Waals surface area contributed by atoms with Gasteiger partial charge in [0.05, 0.1) is 6.54 Å². The maximum Gasteiger partial charge on any atom is 0.491 e. The van der Waals surface area contributed by atoms with Gasteiger partial charge in [-0.25, -0.2) is 14.6 Å². The van der Waals surface area contributed by atoms with Crippen LogP contribution >= 0.6 is 23.1 Å². The summed E-state index contributed by atoms with van der Waals surface area (Å²) in [5.41, 5.74) is 4.00. The molecule has 2 aromatic heterocycles. The number of aromatic nitrogens is 2. The fraction of sp³-hybridized carbons (Fsp3) is 0.316. The Labute approximate surface area is 217 Å². The third kappa shape index (κ3) is 5.14. The van der Waals surface area contributed by atoms with Crippen LogP contribution in [0.1, 0.15) is 5.69 Å². The summed E-state index contributed by atoms with van der Waals surface area (Å²) in [6, 6.07) is -0.195. The van der Waals surface area contributed by atoms with Gasteiger partial charge in [-0.1, -0.05) is 5.16 Å². The maximum absolute atomic E-state index is 13.0. The highest BCUT2D eigenvalue weighted by atomic mass is 32.2. The zero-order chi connectivity index (χ0) is 27.8. The van der Waals surface area contributed by atoms with Crippen LogP contribution in [-0.4, -0.2) is 74.5 Å². The van der Waals surface area contributed by atoms with Gasteiger partial charge in [0, 0.05) is 17.2 Å². The van der Waals surface area contributed by atoms with Crippen molar-refractivity contribution in [3.05, 3.63) is 45.0 Å². The number of nitrogens with zero attached hydrogens (tertiary/aromatic N) is 4. The summed E-state index contributed by atoms with van der Waals surface area (Å²) in [5, 5.41) is 6.60. The summed E-state index contributed by atoms with van der Waals surface area (Å²) in [7, 11) is 1.17. The van der Waals surface area contributed by atoms with E-state index in [1.165, 1.54) is 12.5 Å². The second-order valence-electron chi connectivity index (χ2n) is 7.46. The molecule has 14 nitrogen and oxygen atoms in total. The van der Waals surface area contributed by atoms with Crippen molar-refractivity contribution in [3.8, 4) is 0 Å². The van der Waals surface area contributed by atoms with Gasteiger partial charge in [0.25, 0.3) is 17.4 Å². The van der Waals surface area contributed by atoms with Crippen molar-refractivity contribution < 1.29 is 46.4 Å². The predicted octanol–water partition coefficient (Wildman–Crippen LogP) is -0.183. The molecule has 2 atom stereocenters. The molecule has 0 aliphatic carbocycles. The molecule has 2 aromatic rings. The lowest BCUT2D eigenvalue weighted by Crippen LogP contribution is -2.71. The molecule has 19 heteroatoms. The Bertz CT molecular complexity index is 1430. The van der Waals surface area contributed by atoms with Gasteiger partial charge in [-0.05, 0) is 5.57 Å². The van der Waals surface area contributed by atoms with Crippen molar-refractivity contribution in [1.82, 2.24) is 19.9 Å². The zero-order valence-corrected chi connectivity index (χ0v) is 20.5. The smallest absolute Gasteiger partial charge is 0.398 e. The molecular weight excluding hydrogens is 561 g/mol. The predicted molar refractivity (Wildman–Crippen MR) is 122 cm³/mol. The number of carbonyl (C=O) groups excluding carboxylic acids is 4. The molecular formula is C19H15F3N6O8S2. The van der Waals surface area contributed by atoms with Crippen LogP contribution < -0.4 is 16.6 Å². The summed E-state index contributed by atoms with van der Waals surface area (Å²) in [6.45, 7) is -0.424. The number of carbonyl (C=O) groups is 4. The van der Waals surface area contributed by atoms with E-state index in [0.717, 1.165) is 45.1 Å². The van der Waals surface area contributed by atoms with Gasteiger partial charge in [0.2, 0.25) is 0 Å². The molecule has 2 unspecified atom stereocenters. The van der Waals surface area contributed by atoms with E-state index in [1.54, 1.807) is 0 Å². The minimum absolute atomic E-state index is 0.0269. The molecule has 0 radical (unpaired) electrons. The van der Waals surface area contributed by atoms with Crippen molar-refractivity contribution in [3.63, 3.8) is 0 Å². The number of amides is 2. The lowest BCUT2D eigenvalue weighted by molar-refractivity contribution is -0.201.